The second kappa shape index (κ2) is 5.73. The minimum atomic E-state index is -0.0623. The number of fused-ring (bicyclic) bond motifs is 2. The molecule has 6 heteroatoms. The second-order valence-corrected chi connectivity index (χ2v) is 7.14. The van der Waals surface area contributed by atoms with Gasteiger partial charge in [0, 0.05) is 23.2 Å². The van der Waals surface area contributed by atoms with Gasteiger partial charge in [0.15, 0.2) is 17.1 Å². The fourth-order valence-electron chi connectivity index (χ4n) is 3.80. The van der Waals surface area contributed by atoms with Crippen LogP contribution in [-0.2, 0) is 0 Å². The Morgan fingerprint density at radius 1 is 0.929 bits per heavy atom. The standard InChI is InChI=1S/C22H16N2O4/c25-22-20-19(28-23-21(20)13-4-2-1-3-5-13)11-16(24(22)15-7-8-15)14-6-9-17-18(10-14)27-12-26-17/h1-6,9-11,15H,7-8,12H2. The predicted octanol–water partition coefficient (Wildman–Crippen LogP) is 4.39. The van der Waals surface area contributed by atoms with Crippen molar-refractivity contribution in [3.8, 4) is 34.0 Å². The smallest absolute Gasteiger partial charge is 0.264 e. The van der Waals surface area contributed by atoms with Crippen molar-refractivity contribution in [2.45, 2.75) is 18.9 Å². The van der Waals surface area contributed by atoms with Gasteiger partial charge in [-0.05, 0) is 31.0 Å². The molecule has 28 heavy (non-hydrogen) atoms. The van der Waals surface area contributed by atoms with E-state index in [1.807, 2.05) is 59.2 Å². The number of ether oxygens (including phenoxy) is 2. The summed E-state index contributed by atoms with van der Waals surface area (Å²) in [6.07, 6.45) is 1.99. The van der Waals surface area contributed by atoms with Crippen LogP contribution < -0.4 is 15.0 Å². The van der Waals surface area contributed by atoms with E-state index in [4.69, 9.17) is 14.0 Å². The van der Waals surface area contributed by atoms with Gasteiger partial charge in [0.2, 0.25) is 6.79 Å². The molecule has 138 valence electrons. The van der Waals surface area contributed by atoms with Crippen LogP contribution in [0.3, 0.4) is 0 Å². The maximum absolute atomic E-state index is 13.5. The van der Waals surface area contributed by atoms with E-state index >= 15 is 0 Å². The van der Waals surface area contributed by atoms with Crippen molar-refractivity contribution in [2.24, 2.45) is 0 Å². The molecule has 4 aromatic rings. The van der Waals surface area contributed by atoms with Gasteiger partial charge in [0.1, 0.15) is 11.1 Å². The van der Waals surface area contributed by atoms with Crippen LogP contribution in [0.4, 0.5) is 0 Å². The molecular weight excluding hydrogens is 356 g/mol. The Morgan fingerprint density at radius 3 is 2.57 bits per heavy atom. The molecule has 0 unspecified atom stereocenters. The molecule has 1 fully saturated rings. The number of benzene rings is 2. The van der Waals surface area contributed by atoms with Crippen molar-refractivity contribution < 1.29 is 14.0 Å². The first kappa shape index (κ1) is 15.5. The van der Waals surface area contributed by atoms with Crippen molar-refractivity contribution in [2.75, 3.05) is 6.79 Å². The van der Waals surface area contributed by atoms with E-state index in [2.05, 4.69) is 5.16 Å². The summed E-state index contributed by atoms with van der Waals surface area (Å²) in [5, 5.41) is 4.74. The quantitative estimate of drug-likeness (QED) is 0.534. The first-order chi connectivity index (χ1) is 13.8. The third-order valence-corrected chi connectivity index (χ3v) is 5.31. The summed E-state index contributed by atoms with van der Waals surface area (Å²) in [4.78, 5) is 13.5. The highest BCUT2D eigenvalue weighted by Crippen LogP contribution is 2.41. The van der Waals surface area contributed by atoms with Crippen molar-refractivity contribution in [3.63, 3.8) is 0 Å². The van der Waals surface area contributed by atoms with Crippen molar-refractivity contribution >= 4 is 11.0 Å². The Hall–Kier alpha value is -3.54. The molecule has 6 nitrogen and oxygen atoms in total. The molecular formula is C22H16N2O4. The van der Waals surface area contributed by atoms with E-state index in [9.17, 15) is 4.79 Å². The zero-order valence-corrected chi connectivity index (χ0v) is 14.9. The molecule has 0 atom stereocenters. The molecule has 1 saturated carbocycles. The number of hydrogen-bond acceptors (Lipinski definition) is 5. The molecule has 6 rings (SSSR count). The fourth-order valence-corrected chi connectivity index (χ4v) is 3.80. The largest absolute Gasteiger partial charge is 0.454 e. The first-order valence-corrected chi connectivity index (χ1v) is 9.30. The minimum absolute atomic E-state index is 0.0623. The van der Waals surface area contributed by atoms with E-state index in [0.29, 0.717) is 22.4 Å². The Labute approximate surface area is 159 Å². The number of rotatable bonds is 3. The van der Waals surface area contributed by atoms with Crippen LogP contribution in [0.25, 0.3) is 33.5 Å². The van der Waals surface area contributed by atoms with E-state index < -0.39 is 0 Å². The molecule has 0 radical (unpaired) electrons. The lowest BCUT2D eigenvalue weighted by atomic mass is 10.1. The van der Waals surface area contributed by atoms with Gasteiger partial charge < -0.3 is 18.6 Å². The topological polar surface area (TPSA) is 66.5 Å². The molecule has 0 amide bonds. The first-order valence-electron chi connectivity index (χ1n) is 9.30. The highest BCUT2D eigenvalue weighted by molar-refractivity contribution is 5.92. The lowest BCUT2D eigenvalue weighted by Gasteiger charge is -2.13. The molecule has 3 heterocycles. The molecule has 2 aromatic carbocycles. The van der Waals surface area contributed by atoms with E-state index in [1.165, 1.54) is 0 Å². The molecule has 0 saturated heterocycles. The van der Waals surface area contributed by atoms with E-state index in [-0.39, 0.29) is 18.4 Å². The summed E-state index contributed by atoms with van der Waals surface area (Å²) in [6.45, 7) is 0.218. The molecule has 0 spiro atoms. The summed E-state index contributed by atoms with van der Waals surface area (Å²) in [5.41, 5.74) is 3.60. The van der Waals surface area contributed by atoms with Gasteiger partial charge >= 0.3 is 0 Å². The molecule has 0 N–H and O–H groups in total. The van der Waals surface area contributed by atoms with Gasteiger partial charge in [0.05, 0.1) is 5.69 Å². The third-order valence-electron chi connectivity index (χ3n) is 5.31. The van der Waals surface area contributed by atoms with Crippen molar-refractivity contribution in [3.05, 3.63) is 65.0 Å². The SMILES string of the molecule is O=c1c2c(-c3ccccc3)noc2cc(-c2ccc3c(c2)OCO3)n1C1CC1. The number of aromatic nitrogens is 2. The van der Waals surface area contributed by atoms with Crippen molar-refractivity contribution in [1.82, 2.24) is 9.72 Å². The van der Waals surface area contributed by atoms with Gasteiger partial charge in [-0.3, -0.25) is 4.79 Å². The Balaban J connectivity index is 1.61. The van der Waals surface area contributed by atoms with Crippen LogP contribution in [0.2, 0.25) is 0 Å². The molecule has 1 aliphatic heterocycles. The monoisotopic (exact) mass is 372 g/mol. The van der Waals surface area contributed by atoms with Crippen LogP contribution in [-0.4, -0.2) is 16.5 Å². The lowest BCUT2D eigenvalue weighted by Crippen LogP contribution is -2.21. The fraction of sp³-hybridized carbons (Fsp3) is 0.182. The van der Waals surface area contributed by atoms with Crippen LogP contribution >= 0.6 is 0 Å². The Bertz CT molecular complexity index is 1270. The van der Waals surface area contributed by atoms with Gasteiger partial charge in [-0.1, -0.05) is 35.5 Å². The molecule has 0 bridgehead atoms. The lowest BCUT2D eigenvalue weighted by molar-refractivity contribution is 0.174. The number of hydrogen-bond donors (Lipinski definition) is 0. The average Bonchev–Trinajstić information content (AvgIpc) is 3.29. The zero-order valence-electron chi connectivity index (χ0n) is 14.9. The van der Waals surface area contributed by atoms with Gasteiger partial charge in [-0.25, -0.2) is 0 Å². The van der Waals surface area contributed by atoms with Crippen LogP contribution in [0.15, 0.2) is 63.9 Å². The summed E-state index contributed by atoms with van der Waals surface area (Å²) in [6, 6.07) is 17.5. The van der Waals surface area contributed by atoms with Gasteiger partial charge in [-0.15, -0.1) is 0 Å². The molecule has 2 aromatic heterocycles. The maximum atomic E-state index is 13.5. The number of nitrogens with zero attached hydrogens (tertiary/aromatic N) is 2. The second-order valence-electron chi connectivity index (χ2n) is 7.14. The average molecular weight is 372 g/mol. The summed E-state index contributed by atoms with van der Waals surface area (Å²) in [7, 11) is 0. The van der Waals surface area contributed by atoms with Crippen LogP contribution in [0.1, 0.15) is 18.9 Å². The van der Waals surface area contributed by atoms with Crippen LogP contribution in [0.5, 0.6) is 11.5 Å². The predicted molar refractivity (Wildman–Crippen MR) is 104 cm³/mol. The summed E-state index contributed by atoms with van der Waals surface area (Å²) >= 11 is 0. The zero-order chi connectivity index (χ0) is 18.7. The van der Waals surface area contributed by atoms with Crippen molar-refractivity contribution in [1.29, 1.82) is 0 Å². The van der Waals surface area contributed by atoms with E-state index in [0.717, 1.165) is 35.4 Å². The maximum Gasteiger partial charge on any atom is 0.264 e. The Kier molecular flexibility index (Phi) is 3.17. The molecule has 2 aliphatic rings. The van der Waals surface area contributed by atoms with E-state index in [1.54, 1.807) is 0 Å². The highest BCUT2D eigenvalue weighted by Gasteiger charge is 2.30. The molecule has 1 aliphatic carbocycles. The Morgan fingerprint density at radius 2 is 1.75 bits per heavy atom. The van der Waals surface area contributed by atoms with Gasteiger partial charge in [-0.2, -0.15) is 0 Å². The normalized spacial score (nSPS) is 15.3. The number of pyridine rings is 1. The minimum Gasteiger partial charge on any atom is -0.454 e. The summed E-state index contributed by atoms with van der Waals surface area (Å²) < 4.78 is 18.4. The third kappa shape index (κ3) is 2.27. The van der Waals surface area contributed by atoms with Crippen LogP contribution in [0, 0.1) is 0 Å². The van der Waals surface area contributed by atoms with Gasteiger partial charge in [0.25, 0.3) is 5.56 Å². The highest BCUT2D eigenvalue weighted by atomic mass is 16.7. The summed E-state index contributed by atoms with van der Waals surface area (Å²) in [5.74, 6) is 1.41.